The number of nitrogen functional groups attached to an aromatic ring is 1. The van der Waals surface area contributed by atoms with Crippen molar-refractivity contribution in [2.24, 2.45) is 0 Å². The molecule has 0 aliphatic rings. The molecule has 9 nitrogen and oxygen atoms in total. The van der Waals surface area contributed by atoms with E-state index in [0.717, 1.165) is 17.0 Å². The number of nitrogens with zero attached hydrogens (tertiary/aromatic N) is 3. The first-order valence-electron chi connectivity index (χ1n) is 8.34. The van der Waals surface area contributed by atoms with E-state index < -0.39 is 16.4 Å². The first kappa shape index (κ1) is 21.4. The molecule has 156 valence electrons. The Balaban J connectivity index is 1.96. The van der Waals surface area contributed by atoms with E-state index in [4.69, 9.17) is 22.1 Å². The molecule has 0 amide bonds. The molecule has 3 aromatic rings. The summed E-state index contributed by atoms with van der Waals surface area (Å²) in [7, 11) is 1.31. The highest BCUT2D eigenvalue weighted by Crippen LogP contribution is 2.35. The van der Waals surface area contributed by atoms with Crippen LogP contribution in [0, 0.1) is 15.9 Å². The van der Waals surface area contributed by atoms with Crippen molar-refractivity contribution in [2.45, 2.75) is 4.90 Å². The first-order chi connectivity index (χ1) is 14.3. The van der Waals surface area contributed by atoms with Crippen LogP contribution in [-0.2, 0) is 0 Å². The smallest absolute Gasteiger partial charge is 0.307 e. The molecule has 0 aliphatic heterocycles. The van der Waals surface area contributed by atoms with Crippen molar-refractivity contribution in [1.29, 1.82) is 0 Å². The van der Waals surface area contributed by atoms with Crippen LogP contribution < -0.4 is 21.1 Å². The third-order valence-electron chi connectivity index (χ3n) is 3.93. The molecular formula is C18H16ClFN6O3S. The van der Waals surface area contributed by atoms with E-state index in [0.29, 0.717) is 11.4 Å². The Morgan fingerprint density at radius 1 is 1.27 bits per heavy atom. The van der Waals surface area contributed by atoms with Gasteiger partial charge in [-0.2, -0.15) is 9.37 Å². The van der Waals surface area contributed by atoms with Gasteiger partial charge < -0.3 is 21.1 Å². The van der Waals surface area contributed by atoms with Gasteiger partial charge in [-0.1, -0.05) is 11.6 Å². The summed E-state index contributed by atoms with van der Waals surface area (Å²) in [4.78, 5) is 19.5. The highest BCUT2D eigenvalue weighted by molar-refractivity contribution is 7.98. The van der Waals surface area contributed by atoms with Gasteiger partial charge in [-0.15, -0.1) is 11.8 Å². The summed E-state index contributed by atoms with van der Waals surface area (Å²) in [6.07, 6.45) is 3.27. The van der Waals surface area contributed by atoms with Gasteiger partial charge in [0.1, 0.15) is 10.8 Å². The number of rotatable bonds is 7. The molecule has 0 radical (unpaired) electrons. The first-order valence-corrected chi connectivity index (χ1v) is 9.94. The molecule has 0 bridgehead atoms. The third kappa shape index (κ3) is 4.63. The van der Waals surface area contributed by atoms with Crippen molar-refractivity contribution in [1.82, 2.24) is 9.97 Å². The van der Waals surface area contributed by atoms with Crippen molar-refractivity contribution in [3.8, 4) is 5.75 Å². The maximum atomic E-state index is 13.8. The third-order valence-corrected chi connectivity index (χ3v) is 5.01. The van der Waals surface area contributed by atoms with Gasteiger partial charge in [-0.05, 0) is 24.5 Å². The van der Waals surface area contributed by atoms with E-state index in [1.807, 2.05) is 12.3 Å². The number of benzene rings is 2. The molecule has 0 atom stereocenters. The Morgan fingerprint density at radius 3 is 2.70 bits per heavy atom. The Bertz CT molecular complexity index is 1120. The predicted octanol–water partition coefficient (Wildman–Crippen LogP) is 4.98. The summed E-state index contributed by atoms with van der Waals surface area (Å²) in [6, 6.07) is 7.29. The number of nitro groups is 1. The van der Waals surface area contributed by atoms with Crippen molar-refractivity contribution in [2.75, 3.05) is 29.7 Å². The zero-order valence-corrected chi connectivity index (χ0v) is 17.3. The fourth-order valence-electron chi connectivity index (χ4n) is 2.54. The Hall–Kier alpha value is -3.31. The van der Waals surface area contributed by atoms with Crippen molar-refractivity contribution in [3.05, 3.63) is 57.5 Å². The number of nitrogens with one attached hydrogen (secondary N) is 2. The minimum atomic E-state index is -1.02. The topological polar surface area (TPSA) is 128 Å². The molecule has 3 rings (SSSR count). The summed E-state index contributed by atoms with van der Waals surface area (Å²) < 4.78 is 18.9. The SMILES string of the molecule is COc1cc(F)c([N+](=O)[O-])cc1Nc1ncc(Cl)c(Nc2cc(N)ccc2SC)n1. The van der Waals surface area contributed by atoms with Crippen LogP contribution in [0.4, 0.5) is 38.9 Å². The van der Waals surface area contributed by atoms with E-state index in [9.17, 15) is 14.5 Å². The van der Waals surface area contributed by atoms with E-state index in [2.05, 4.69) is 20.6 Å². The molecule has 0 saturated heterocycles. The number of nitrogens with two attached hydrogens (primary N) is 1. The monoisotopic (exact) mass is 450 g/mol. The molecule has 30 heavy (non-hydrogen) atoms. The lowest BCUT2D eigenvalue weighted by Gasteiger charge is -2.14. The second kappa shape index (κ2) is 9.01. The predicted molar refractivity (Wildman–Crippen MR) is 116 cm³/mol. The minimum Gasteiger partial charge on any atom is -0.494 e. The van der Waals surface area contributed by atoms with Crippen LogP contribution in [-0.4, -0.2) is 28.3 Å². The van der Waals surface area contributed by atoms with E-state index >= 15 is 0 Å². The van der Waals surface area contributed by atoms with Gasteiger partial charge in [0, 0.05) is 22.7 Å². The van der Waals surface area contributed by atoms with Crippen LogP contribution in [0.25, 0.3) is 0 Å². The molecule has 0 fully saturated rings. The molecule has 2 aromatic carbocycles. The molecule has 1 aromatic heterocycles. The number of hydrogen-bond donors (Lipinski definition) is 3. The maximum absolute atomic E-state index is 13.8. The quantitative estimate of drug-likeness (QED) is 0.197. The van der Waals surface area contributed by atoms with E-state index in [-0.39, 0.29) is 28.2 Å². The van der Waals surface area contributed by atoms with Crippen LogP contribution in [0.1, 0.15) is 0 Å². The Morgan fingerprint density at radius 2 is 2.03 bits per heavy atom. The molecule has 0 unspecified atom stereocenters. The molecule has 0 saturated carbocycles. The van der Waals surface area contributed by atoms with E-state index in [1.54, 1.807) is 12.1 Å². The number of aromatic nitrogens is 2. The van der Waals surface area contributed by atoms with Gasteiger partial charge in [0.15, 0.2) is 5.82 Å². The van der Waals surface area contributed by atoms with Gasteiger partial charge in [0.05, 0.1) is 29.6 Å². The number of ether oxygens (including phenoxy) is 1. The van der Waals surface area contributed by atoms with Gasteiger partial charge in [0.2, 0.25) is 11.8 Å². The van der Waals surface area contributed by atoms with Crippen LogP contribution in [0.3, 0.4) is 0 Å². The summed E-state index contributed by atoms with van der Waals surface area (Å²) in [5.74, 6) is -0.624. The average Bonchev–Trinajstić information content (AvgIpc) is 2.71. The zero-order chi connectivity index (χ0) is 21.8. The van der Waals surface area contributed by atoms with Crippen LogP contribution >= 0.6 is 23.4 Å². The number of methoxy groups -OCH3 is 1. The Kier molecular flexibility index (Phi) is 6.43. The fraction of sp³-hybridized carbons (Fsp3) is 0.111. The van der Waals surface area contributed by atoms with Crippen molar-refractivity contribution >= 4 is 57.9 Å². The van der Waals surface area contributed by atoms with Crippen molar-refractivity contribution < 1.29 is 14.1 Å². The van der Waals surface area contributed by atoms with Crippen LogP contribution in [0.15, 0.2) is 41.4 Å². The zero-order valence-electron chi connectivity index (χ0n) is 15.8. The average molecular weight is 451 g/mol. The molecule has 0 spiro atoms. The lowest BCUT2D eigenvalue weighted by atomic mass is 10.2. The van der Waals surface area contributed by atoms with Crippen LogP contribution in [0.5, 0.6) is 5.75 Å². The fourth-order valence-corrected chi connectivity index (χ4v) is 3.21. The molecule has 12 heteroatoms. The molecule has 4 N–H and O–H groups in total. The lowest BCUT2D eigenvalue weighted by molar-refractivity contribution is -0.387. The lowest BCUT2D eigenvalue weighted by Crippen LogP contribution is -2.04. The second-order valence-corrected chi connectivity index (χ2v) is 7.12. The largest absolute Gasteiger partial charge is 0.494 e. The number of nitro benzene ring substituents is 1. The van der Waals surface area contributed by atoms with Crippen molar-refractivity contribution in [3.63, 3.8) is 0 Å². The van der Waals surface area contributed by atoms with Gasteiger partial charge in [0.25, 0.3) is 0 Å². The number of anilines is 5. The van der Waals surface area contributed by atoms with Gasteiger partial charge in [-0.3, -0.25) is 10.1 Å². The summed E-state index contributed by atoms with van der Waals surface area (Å²) in [5, 5.41) is 17.2. The maximum Gasteiger partial charge on any atom is 0.307 e. The molecule has 0 aliphatic carbocycles. The van der Waals surface area contributed by atoms with Crippen LogP contribution in [0.2, 0.25) is 5.02 Å². The summed E-state index contributed by atoms with van der Waals surface area (Å²) in [6.45, 7) is 0. The number of halogens is 2. The van der Waals surface area contributed by atoms with Gasteiger partial charge in [-0.25, -0.2) is 4.98 Å². The molecule has 1 heterocycles. The second-order valence-electron chi connectivity index (χ2n) is 5.86. The standard InChI is InChI=1S/C18H16ClFN6O3S/c1-29-15-6-11(20)14(26(27)28)7-12(15)24-18-22-8-10(19)17(25-18)23-13-5-9(21)3-4-16(13)30-2/h3-8H,21H2,1-2H3,(H2,22,23,24,25). The summed E-state index contributed by atoms with van der Waals surface area (Å²) >= 11 is 7.72. The molecular weight excluding hydrogens is 435 g/mol. The number of hydrogen-bond acceptors (Lipinski definition) is 9. The summed E-state index contributed by atoms with van der Waals surface area (Å²) in [5.41, 5.74) is 6.52. The normalized spacial score (nSPS) is 10.5. The highest BCUT2D eigenvalue weighted by Gasteiger charge is 2.20. The van der Waals surface area contributed by atoms with E-state index in [1.165, 1.54) is 25.1 Å². The highest BCUT2D eigenvalue weighted by atomic mass is 35.5. The van der Waals surface area contributed by atoms with Gasteiger partial charge >= 0.3 is 5.69 Å². The Labute approximate surface area is 180 Å². The number of thioether (sulfide) groups is 1. The minimum absolute atomic E-state index is 0.0478.